The Kier molecular flexibility index (Phi) is 10.7. The van der Waals surface area contributed by atoms with E-state index in [0.717, 1.165) is 42.9 Å². The van der Waals surface area contributed by atoms with Gasteiger partial charge >= 0.3 is 6.18 Å². The summed E-state index contributed by atoms with van der Waals surface area (Å²) in [5.41, 5.74) is -0.853. The van der Waals surface area contributed by atoms with Gasteiger partial charge in [0.15, 0.2) is 0 Å². The van der Waals surface area contributed by atoms with Crippen molar-refractivity contribution in [2.75, 3.05) is 58.3 Å². The maximum atomic E-state index is 17.8. The summed E-state index contributed by atoms with van der Waals surface area (Å²) in [5, 5.41) is 2.69. The van der Waals surface area contributed by atoms with Crippen LogP contribution in [0.15, 0.2) is 42.5 Å². The number of halogens is 4. The van der Waals surface area contributed by atoms with Crippen LogP contribution in [0.5, 0.6) is 5.75 Å². The van der Waals surface area contributed by atoms with Gasteiger partial charge in [-0.1, -0.05) is 38.5 Å². The molecule has 274 valence electrons. The van der Waals surface area contributed by atoms with E-state index in [9.17, 15) is 22.8 Å². The molecule has 1 N–H and O–H groups in total. The summed E-state index contributed by atoms with van der Waals surface area (Å²) in [6.45, 7) is 6.26. The van der Waals surface area contributed by atoms with Gasteiger partial charge in [0.2, 0.25) is 11.6 Å². The third-order valence-electron chi connectivity index (χ3n) is 12.2. The molecule has 0 aromatic heterocycles. The molecule has 7 nitrogen and oxygen atoms in total. The number of amides is 2. The van der Waals surface area contributed by atoms with Gasteiger partial charge in [0.25, 0.3) is 5.91 Å². The number of ether oxygens (including phenoxy) is 1. The quantitative estimate of drug-likeness (QED) is 0.300. The molecule has 4 aliphatic rings. The molecule has 2 aromatic carbocycles. The van der Waals surface area contributed by atoms with Crippen LogP contribution in [0.1, 0.15) is 87.3 Å². The number of benzene rings is 2. The highest BCUT2D eigenvalue weighted by atomic mass is 19.4. The van der Waals surface area contributed by atoms with Crippen molar-refractivity contribution in [1.82, 2.24) is 15.1 Å². The van der Waals surface area contributed by atoms with Gasteiger partial charge in [-0.15, -0.1) is 0 Å². The number of piperidine rings is 1. The highest BCUT2D eigenvalue weighted by Crippen LogP contribution is 2.47. The standard InChI is InChI=1S/C39H52F4N4O3/c1-5-26-21-46(22-33(26)32-15-10-29(39(41,42)43)20-35(32)45-18-16-28(17-19-45)36(48)44-3)37(49)38(40)24-47(30-11-6-25(2)7-12-30)23-34(38)27-8-13-31(50-4)14-9-27/h8-10,13-15,20,25-26,28,30,33-34H,5-7,11-12,16-19,21-24H2,1-4H3,(H,44,48)/t25?,26-,30?,33-,34-,38-/m0/s1. The average Bonchev–Trinajstić information content (AvgIpc) is 3.72. The van der Waals surface area contributed by atoms with Crippen molar-refractivity contribution in [3.8, 4) is 5.75 Å². The second kappa shape index (κ2) is 14.7. The second-order valence-corrected chi connectivity index (χ2v) is 15.2. The van der Waals surface area contributed by atoms with E-state index in [0.29, 0.717) is 62.8 Å². The van der Waals surface area contributed by atoms with Gasteiger partial charge < -0.3 is 19.9 Å². The Bertz CT molecular complexity index is 1500. The zero-order valence-electron chi connectivity index (χ0n) is 29.8. The van der Waals surface area contributed by atoms with Crippen LogP contribution in [0.4, 0.5) is 23.2 Å². The van der Waals surface area contributed by atoms with E-state index in [2.05, 4.69) is 17.1 Å². The average molecular weight is 701 g/mol. The third kappa shape index (κ3) is 7.21. The molecule has 0 unspecified atom stereocenters. The fourth-order valence-electron chi connectivity index (χ4n) is 9.12. The molecule has 0 bridgehead atoms. The van der Waals surface area contributed by atoms with Crippen LogP contribution in [0, 0.1) is 17.8 Å². The van der Waals surface area contributed by atoms with Crippen molar-refractivity contribution in [3.05, 3.63) is 59.2 Å². The molecular weight excluding hydrogens is 648 g/mol. The summed E-state index contributed by atoms with van der Waals surface area (Å²) in [6, 6.07) is 11.5. The summed E-state index contributed by atoms with van der Waals surface area (Å²) < 4.78 is 65.2. The van der Waals surface area contributed by atoms with Gasteiger partial charge in [-0.05, 0) is 85.8 Å². The molecule has 4 atom stereocenters. The molecule has 3 aliphatic heterocycles. The molecule has 0 radical (unpaired) electrons. The summed E-state index contributed by atoms with van der Waals surface area (Å²) in [4.78, 5) is 32.7. The molecule has 3 heterocycles. The van der Waals surface area contributed by atoms with Gasteiger partial charge in [0, 0.05) is 75.8 Å². The highest BCUT2D eigenvalue weighted by molar-refractivity contribution is 5.88. The van der Waals surface area contributed by atoms with E-state index in [1.54, 1.807) is 25.1 Å². The molecule has 1 saturated carbocycles. The molecule has 0 spiro atoms. The number of carbonyl (C=O) groups excluding carboxylic acids is 2. The molecule has 3 saturated heterocycles. The molecule has 50 heavy (non-hydrogen) atoms. The fourth-order valence-corrected chi connectivity index (χ4v) is 9.12. The zero-order valence-corrected chi connectivity index (χ0v) is 29.8. The molecule has 6 rings (SSSR count). The summed E-state index contributed by atoms with van der Waals surface area (Å²) >= 11 is 0. The van der Waals surface area contributed by atoms with E-state index in [1.165, 1.54) is 6.07 Å². The van der Waals surface area contributed by atoms with E-state index < -0.39 is 29.2 Å². The van der Waals surface area contributed by atoms with Crippen molar-refractivity contribution in [3.63, 3.8) is 0 Å². The van der Waals surface area contributed by atoms with Gasteiger partial charge in [-0.2, -0.15) is 13.2 Å². The number of rotatable bonds is 8. The minimum Gasteiger partial charge on any atom is -0.497 e. The van der Waals surface area contributed by atoms with Crippen molar-refractivity contribution in [2.45, 2.75) is 88.5 Å². The van der Waals surface area contributed by atoms with Gasteiger partial charge in [0.1, 0.15) is 5.75 Å². The number of anilines is 1. The fraction of sp³-hybridized carbons (Fsp3) is 0.641. The Labute approximate surface area is 293 Å². The number of hydrogen-bond acceptors (Lipinski definition) is 5. The Morgan fingerprint density at radius 3 is 2.24 bits per heavy atom. The Balaban J connectivity index is 1.29. The Hall–Kier alpha value is -3.34. The number of hydrogen-bond donors (Lipinski definition) is 1. The van der Waals surface area contributed by atoms with E-state index in [-0.39, 0.29) is 42.8 Å². The summed E-state index contributed by atoms with van der Waals surface area (Å²) in [6.07, 6.45) is 1.41. The largest absolute Gasteiger partial charge is 0.497 e. The minimum atomic E-state index is -4.52. The number of likely N-dealkylation sites (tertiary alicyclic amines) is 2. The van der Waals surface area contributed by atoms with E-state index in [4.69, 9.17) is 4.74 Å². The Morgan fingerprint density at radius 2 is 1.64 bits per heavy atom. The highest BCUT2D eigenvalue weighted by Gasteiger charge is 2.57. The maximum Gasteiger partial charge on any atom is 0.416 e. The van der Waals surface area contributed by atoms with Crippen LogP contribution in [0.3, 0.4) is 0 Å². The van der Waals surface area contributed by atoms with Crippen LogP contribution in [0.25, 0.3) is 0 Å². The first-order chi connectivity index (χ1) is 23.9. The lowest BCUT2D eigenvalue weighted by Gasteiger charge is -2.36. The van der Waals surface area contributed by atoms with Crippen molar-refractivity contribution < 1.29 is 31.9 Å². The molecule has 2 aromatic rings. The number of nitrogens with zero attached hydrogens (tertiary/aromatic N) is 3. The van der Waals surface area contributed by atoms with Gasteiger partial charge in [0.05, 0.1) is 12.7 Å². The smallest absolute Gasteiger partial charge is 0.416 e. The van der Waals surface area contributed by atoms with Crippen LogP contribution in [-0.2, 0) is 15.8 Å². The molecular formula is C39H52F4N4O3. The van der Waals surface area contributed by atoms with Crippen LogP contribution >= 0.6 is 0 Å². The Morgan fingerprint density at radius 1 is 0.960 bits per heavy atom. The van der Waals surface area contributed by atoms with Gasteiger partial charge in [-0.25, -0.2) is 4.39 Å². The predicted molar refractivity (Wildman–Crippen MR) is 186 cm³/mol. The normalized spacial score (nSPS) is 29.7. The first-order valence-electron chi connectivity index (χ1n) is 18.4. The third-order valence-corrected chi connectivity index (χ3v) is 12.2. The lowest BCUT2D eigenvalue weighted by Crippen LogP contribution is -2.50. The zero-order chi connectivity index (χ0) is 35.8. The molecule has 2 amide bonds. The summed E-state index contributed by atoms with van der Waals surface area (Å²) in [5.74, 6) is -0.394. The lowest BCUT2D eigenvalue weighted by molar-refractivity contribution is -0.143. The number of alkyl halides is 4. The SMILES string of the molecule is CC[C@H]1CN(C(=O)[C@]2(F)CN(C3CCC(C)CC3)C[C@H]2c2ccc(OC)cc2)C[C@@H]1c1ccc(C(F)(F)F)cc1N1CCC(C(=O)NC)CC1. The molecule has 11 heteroatoms. The first kappa shape index (κ1) is 36.5. The number of nitrogens with one attached hydrogen (secondary N) is 1. The van der Waals surface area contributed by atoms with Crippen molar-refractivity contribution in [1.29, 1.82) is 0 Å². The monoisotopic (exact) mass is 700 g/mol. The van der Waals surface area contributed by atoms with Gasteiger partial charge in [-0.3, -0.25) is 14.5 Å². The number of carbonyl (C=O) groups is 2. The van der Waals surface area contributed by atoms with Crippen LogP contribution in [0.2, 0.25) is 0 Å². The van der Waals surface area contributed by atoms with Crippen molar-refractivity contribution in [2.24, 2.45) is 17.8 Å². The topological polar surface area (TPSA) is 65.1 Å². The van der Waals surface area contributed by atoms with Crippen molar-refractivity contribution >= 4 is 17.5 Å². The second-order valence-electron chi connectivity index (χ2n) is 15.2. The van der Waals surface area contributed by atoms with Crippen LogP contribution < -0.4 is 15.0 Å². The molecule has 4 fully saturated rings. The van der Waals surface area contributed by atoms with E-state index in [1.807, 2.05) is 36.1 Å². The lowest BCUT2D eigenvalue weighted by atomic mass is 9.84. The minimum absolute atomic E-state index is 0.0331. The van der Waals surface area contributed by atoms with E-state index >= 15 is 4.39 Å². The maximum absolute atomic E-state index is 17.8. The van der Waals surface area contributed by atoms with Crippen LogP contribution in [-0.4, -0.2) is 86.8 Å². The number of methoxy groups -OCH3 is 1. The predicted octanol–water partition coefficient (Wildman–Crippen LogP) is 7.01. The molecule has 1 aliphatic carbocycles. The summed E-state index contributed by atoms with van der Waals surface area (Å²) in [7, 11) is 3.18. The first-order valence-corrected chi connectivity index (χ1v) is 18.4.